The van der Waals surface area contributed by atoms with E-state index in [1.807, 2.05) is 17.2 Å². The lowest BCUT2D eigenvalue weighted by Crippen LogP contribution is -2.39. The SMILES string of the molecule is O=C(c1cc(C2CCCCC2)no1)N1CCCC[C@H]1c1ncc2c(n1)CCNC2. The minimum Gasteiger partial charge on any atom is -0.351 e. The number of nitrogens with one attached hydrogen (secondary N) is 1. The second-order valence-electron chi connectivity index (χ2n) is 8.59. The molecule has 1 amide bonds. The Hall–Kier alpha value is -2.28. The number of rotatable bonds is 3. The minimum atomic E-state index is -0.0836. The van der Waals surface area contributed by atoms with Gasteiger partial charge in [0, 0.05) is 55.5 Å². The van der Waals surface area contributed by atoms with Crippen molar-refractivity contribution in [1.82, 2.24) is 25.3 Å². The maximum absolute atomic E-state index is 13.3. The van der Waals surface area contributed by atoms with Crippen LogP contribution in [0.1, 0.15) is 96.7 Å². The first kappa shape index (κ1) is 18.7. The van der Waals surface area contributed by atoms with Crippen molar-refractivity contribution in [2.45, 2.75) is 76.3 Å². The van der Waals surface area contributed by atoms with Crippen LogP contribution in [0, 0.1) is 0 Å². The zero-order valence-electron chi connectivity index (χ0n) is 16.9. The molecule has 0 radical (unpaired) electrons. The van der Waals surface area contributed by atoms with Gasteiger partial charge < -0.3 is 14.7 Å². The summed E-state index contributed by atoms with van der Waals surface area (Å²) < 4.78 is 5.52. The monoisotopic (exact) mass is 395 g/mol. The number of hydrogen-bond donors (Lipinski definition) is 1. The molecule has 0 spiro atoms. The second kappa shape index (κ2) is 8.22. The van der Waals surface area contributed by atoms with Gasteiger partial charge in [0.05, 0.1) is 11.7 Å². The molecule has 0 unspecified atom stereocenters. The average molecular weight is 396 g/mol. The van der Waals surface area contributed by atoms with Crippen LogP contribution < -0.4 is 5.32 Å². The summed E-state index contributed by atoms with van der Waals surface area (Å²) in [6.07, 6.45) is 11.9. The van der Waals surface area contributed by atoms with Gasteiger partial charge in [-0.05, 0) is 32.1 Å². The van der Waals surface area contributed by atoms with Crippen molar-refractivity contribution in [2.24, 2.45) is 0 Å². The fourth-order valence-corrected chi connectivity index (χ4v) is 4.98. The van der Waals surface area contributed by atoms with E-state index >= 15 is 0 Å². The summed E-state index contributed by atoms with van der Waals surface area (Å²) in [6.45, 7) is 2.48. The van der Waals surface area contributed by atoms with Crippen molar-refractivity contribution in [3.05, 3.63) is 40.8 Å². The summed E-state index contributed by atoms with van der Waals surface area (Å²) in [6, 6.07) is 1.79. The van der Waals surface area contributed by atoms with Crippen molar-refractivity contribution in [1.29, 1.82) is 0 Å². The summed E-state index contributed by atoms with van der Waals surface area (Å²) in [4.78, 5) is 24.7. The molecule has 29 heavy (non-hydrogen) atoms. The summed E-state index contributed by atoms with van der Waals surface area (Å²) >= 11 is 0. The summed E-state index contributed by atoms with van der Waals surface area (Å²) in [7, 11) is 0. The van der Waals surface area contributed by atoms with E-state index in [2.05, 4.69) is 15.5 Å². The lowest BCUT2D eigenvalue weighted by Gasteiger charge is -2.34. The maximum Gasteiger partial charge on any atom is 0.293 e. The van der Waals surface area contributed by atoms with Crippen molar-refractivity contribution in [3.63, 3.8) is 0 Å². The minimum absolute atomic E-state index is 0.0766. The topological polar surface area (TPSA) is 84.2 Å². The highest BCUT2D eigenvalue weighted by Crippen LogP contribution is 2.34. The summed E-state index contributed by atoms with van der Waals surface area (Å²) in [5.41, 5.74) is 3.23. The molecule has 7 nitrogen and oxygen atoms in total. The Bertz CT molecular complexity index is 874. The molecule has 5 rings (SSSR count). The van der Waals surface area contributed by atoms with E-state index in [0.717, 1.165) is 68.8 Å². The molecule has 1 saturated heterocycles. The van der Waals surface area contributed by atoms with Crippen LogP contribution in [0.2, 0.25) is 0 Å². The predicted molar refractivity (Wildman–Crippen MR) is 107 cm³/mol. The molecule has 7 heteroatoms. The molecular weight excluding hydrogens is 366 g/mol. The molecule has 2 aromatic heterocycles. The molecule has 154 valence electrons. The number of fused-ring (bicyclic) bond motifs is 1. The normalized spacial score (nSPS) is 23.0. The van der Waals surface area contributed by atoms with E-state index < -0.39 is 0 Å². The molecule has 2 aliphatic heterocycles. The Morgan fingerprint density at radius 2 is 2.00 bits per heavy atom. The van der Waals surface area contributed by atoms with Crippen LogP contribution in [0.4, 0.5) is 0 Å². The highest BCUT2D eigenvalue weighted by molar-refractivity contribution is 5.91. The number of likely N-dealkylation sites (tertiary alicyclic amines) is 1. The molecule has 4 heterocycles. The van der Waals surface area contributed by atoms with Gasteiger partial charge in [0.1, 0.15) is 0 Å². The summed E-state index contributed by atoms with van der Waals surface area (Å²) in [5, 5.41) is 7.60. The van der Waals surface area contributed by atoms with Crippen LogP contribution in [0.5, 0.6) is 0 Å². The van der Waals surface area contributed by atoms with Crippen LogP contribution in [0.15, 0.2) is 16.8 Å². The largest absolute Gasteiger partial charge is 0.351 e. The van der Waals surface area contributed by atoms with E-state index in [9.17, 15) is 4.79 Å². The number of aromatic nitrogens is 3. The van der Waals surface area contributed by atoms with E-state index in [1.54, 1.807) is 0 Å². The molecular formula is C22H29N5O2. The first-order valence-corrected chi connectivity index (χ1v) is 11.1. The zero-order valence-corrected chi connectivity index (χ0v) is 16.9. The smallest absolute Gasteiger partial charge is 0.293 e. The first-order valence-electron chi connectivity index (χ1n) is 11.1. The fraction of sp³-hybridized carbons (Fsp3) is 0.636. The second-order valence-corrected chi connectivity index (χ2v) is 8.59. The number of carbonyl (C=O) groups excluding carboxylic acids is 1. The Morgan fingerprint density at radius 3 is 2.90 bits per heavy atom. The standard InChI is InChI=1S/C22H29N5O2/c28-22(20-12-18(26-29-20)15-6-2-1-3-7-15)27-11-5-4-8-19(27)21-24-14-16-13-23-10-9-17(16)25-21/h12,14-15,19,23H,1-11,13H2/t19-/m0/s1. The highest BCUT2D eigenvalue weighted by atomic mass is 16.5. The number of nitrogens with zero attached hydrogens (tertiary/aromatic N) is 4. The molecule has 1 saturated carbocycles. The van der Waals surface area contributed by atoms with Gasteiger partial charge in [-0.25, -0.2) is 9.97 Å². The third-order valence-electron chi connectivity index (χ3n) is 6.65. The molecule has 0 aromatic carbocycles. The third kappa shape index (κ3) is 3.80. The molecule has 2 aromatic rings. The summed E-state index contributed by atoms with van der Waals surface area (Å²) in [5.74, 6) is 1.49. The third-order valence-corrected chi connectivity index (χ3v) is 6.65. The fourth-order valence-electron chi connectivity index (χ4n) is 4.98. The van der Waals surface area contributed by atoms with Gasteiger partial charge >= 0.3 is 0 Å². The predicted octanol–water partition coefficient (Wildman–Crippen LogP) is 3.53. The highest BCUT2D eigenvalue weighted by Gasteiger charge is 2.33. The van der Waals surface area contributed by atoms with Crippen LogP contribution >= 0.6 is 0 Å². The number of carbonyl (C=O) groups is 1. The van der Waals surface area contributed by atoms with E-state index in [0.29, 0.717) is 18.2 Å². The van der Waals surface area contributed by atoms with Crippen molar-refractivity contribution < 1.29 is 9.32 Å². The van der Waals surface area contributed by atoms with E-state index in [4.69, 9.17) is 9.51 Å². The number of hydrogen-bond acceptors (Lipinski definition) is 6. The molecule has 3 aliphatic rings. The van der Waals surface area contributed by atoms with Gasteiger partial charge in [0.15, 0.2) is 5.82 Å². The van der Waals surface area contributed by atoms with Crippen molar-refractivity contribution in [3.8, 4) is 0 Å². The van der Waals surface area contributed by atoms with Gasteiger partial charge in [0.2, 0.25) is 5.76 Å². The maximum atomic E-state index is 13.3. The Morgan fingerprint density at radius 1 is 1.14 bits per heavy atom. The van der Waals surface area contributed by atoms with Gasteiger partial charge in [-0.15, -0.1) is 0 Å². The van der Waals surface area contributed by atoms with Crippen LogP contribution in [-0.4, -0.2) is 39.0 Å². The Labute approximate surface area is 171 Å². The first-order chi connectivity index (χ1) is 14.3. The van der Waals surface area contributed by atoms with Crippen LogP contribution in [0.3, 0.4) is 0 Å². The Balaban J connectivity index is 1.37. The van der Waals surface area contributed by atoms with Crippen LogP contribution in [0.25, 0.3) is 0 Å². The quantitative estimate of drug-likeness (QED) is 0.856. The molecule has 1 aliphatic carbocycles. The number of amides is 1. The zero-order chi connectivity index (χ0) is 19.6. The molecule has 0 bridgehead atoms. The molecule has 1 N–H and O–H groups in total. The van der Waals surface area contributed by atoms with E-state index in [-0.39, 0.29) is 11.9 Å². The lowest BCUT2D eigenvalue weighted by atomic mass is 9.87. The number of piperidine rings is 1. The lowest BCUT2D eigenvalue weighted by molar-refractivity contribution is 0.0557. The molecule has 2 fully saturated rings. The molecule has 1 atom stereocenters. The van der Waals surface area contributed by atoms with Crippen molar-refractivity contribution >= 4 is 5.91 Å². The van der Waals surface area contributed by atoms with Gasteiger partial charge in [0.25, 0.3) is 5.91 Å². The van der Waals surface area contributed by atoms with Crippen LogP contribution in [-0.2, 0) is 13.0 Å². The van der Waals surface area contributed by atoms with Crippen molar-refractivity contribution in [2.75, 3.05) is 13.1 Å². The van der Waals surface area contributed by atoms with E-state index in [1.165, 1.54) is 24.8 Å². The van der Waals surface area contributed by atoms with Gasteiger partial charge in [-0.3, -0.25) is 4.79 Å². The van der Waals surface area contributed by atoms with Gasteiger partial charge in [-0.2, -0.15) is 0 Å². The Kier molecular flexibility index (Phi) is 5.31. The average Bonchev–Trinajstić information content (AvgIpc) is 3.29. The van der Waals surface area contributed by atoms with Gasteiger partial charge in [-0.1, -0.05) is 24.4 Å².